The van der Waals surface area contributed by atoms with Gasteiger partial charge in [0, 0.05) is 9.50 Å². The molecule has 1 rings (SSSR count). The lowest BCUT2D eigenvalue weighted by Crippen LogP contribution is -2.07. The number of ketones is 1. The second-order valence-electron chi connectivity index (χ2n) is 2.70. The SMILES string of the molecule is CC(=O)c1c(Br)cc(Cl)cc1OC(F)F. The molecule has 0 atom stereocenters. The van der Waals surface area contributed by atoms with Gasteiger partial charge in [-0.3, -0.25) is 4.79 Å². The molecule has 15 heavy (non-hydrogen) atoms. The molecule has 0 spiro atoms. The molecule has 0 N–H and O–H groups in total. The lowest BCUT2D eigenvalue weighted by atomic mass is 10.1. The van der Waals surface area contributed by atoms with E-state index in [1.54, 1.807) is 0 Å². The minimum absolute atomic E-state index is 0.0553. The van der Waals surface area contributed by atoms with E-state index >= 15 is 0 Å². The fraction of sp³-hybridized carbons (Fsp3) is 0.222. The largest absolute Gasteiger partial charge is 0.434 e. The molecule has 0 aromatic heterocycles. The third-order valence-electron chi connectivity index (χ3n) is 1.59. The first-order valence-electron chi connectivity index (χ1n) is 3.86. The van der Waals surface area contributed by atoms with E-state index in [0.29, 0.717) is 4.47 Å². The summed E-state index contributed by atoms with van der Waals surface area (Å²) in [4.78, 5) is 11.2. The van der Waals surface area contributed by atoms with Crippen molar-refractivity contribution in [3.8, 4) is 5.75 Å². The topological polar surface area (TPSA) is 26.3 Å². The van der Waals surface area contributed by atoms with Crippen molar-refractivity contribution in [3.63, 3.8) is 0 Å². The molecule has 0 saturated heterocycles. The molecule has 0 unspecified atom stereocenters. The number of ether oxygens (including phenoxy) is 1. The van der Waals surface area contributed by atoms with E-state index in [-0.39, 0.29) is 22.1 Å². The Bertz CT molecular complexity index is 396. The average Bonchev–Trinajstić information content (AvgIpc) is 1.99. The van der Waals surface area contributed by atoms with Crippen LogP contribution in [0, 0.1) is 0 Å². The second kappa shape index (κ2) is 4.90. The van der Waals surface area contributed by atoms with Gasteiger partial charge < -0.3 is 4.74 Å². The van der Waals surface area contributed by atoms with E-state index in [9.17, 15) is 13.6 Å². The van der Waals surface area contributed by atoms with Gasteiger partial charge >= 0.3 is 6.61 Å². The summed E-state index contributed by atoms with van der Waals surface area (Å²) in [5.41, 5.74) is 0.0553. The number of halogens is 4. The highest BCUT2D eigenvalue weighted by Crippen LogP contribution is 2.32. The van der Waals surface area contributed by atoms with E-state index < -0.39 is 6.61 Å². The minimum atomic E-state index is -2.99. The van der Waals surface area contributed by atoms with Crippen LogP contribution in [0.3, 0.4) is 0 Å². The van der Waals surface area contributed by atoms with Crippen LogP contribution in [0.15, 0.2) is 16.6 Å². The predicted octanol–water partition coefficient (Wildman–Crippen LogP) is 3.91. The molecule has 0 aliphatic carbocycles. The van der Waals surface area contributed by atoms with E-state index in [1.165, 1.54) is 19.1 Å². The summed E-state index contributed by atoms with van der Waals surface area (Å²) >= 11 is 8.70. The van der Waals surface area contributed by atoms with Crippen LogP contribution in [0.5, 0.6) is 5.75 Å². The van der Waals surface area contributed by atoms with Crippen molar-refractivity contribution in [2.24, 2.45) is 0 Å². The maximum absolute atomic E-state index is 12.0. The lowest BCUT2D eigenvalue weighted by molar-refractivity contribution is -0.0501. The molecule has 0 heterocycles. The quantitative estimate of drug-likeness (QED) is 0.791. The number of carbonyl (C=O) groups is 1. The van der Waals surface area contributed by atoms with Crippen LogP contribution in [0.2, 0.25) is 5.02 Å². The molecule has 0 saturated carbocycles. The molecule has 0 fully saturated rings. The number of alkyl halides is 2. The Balaban J connectivity index is 3.27. The number of Topliss-reactive ketones (excluding diaryl/α,β-unsaturated/α-hetero) is 1. The van der Waals surface area contributed by atoms with Crippen molar-refractivity contribution in [2.75, 3.05) is 0 Å². The van der Waals surface area contributed by atoms with Gasteiger partial charge in [0.25, 0.3) is 0 Å². The summed E-state index contributed by atoms with van der Waals surface area (Å²) < 4.78 is 28.6. The maximum Gasteiger partial charge on any atom is 0.387 e. The smallest absolute Gasteiger partial charge is 0.387 e. The van der Waals surface area contributed by atoms with Crippen molar-refractivity contribution < 1.29 is 18.3 Å². The molecule has 0 amide bonds. The van der Waals surface area contributed by atoms with Crippen molar-refractivity contribution in [1.29, 1.82) is 0 Å². The van der Waals surface area contributed by atoms with Crippen LogP contribution in [0.25, 0.3) is 0 Å². The number of carbonyl (C=O) groups excluding carboxylic acids is 1. The van der Waals surface area contributed by atoms with E-state index in [0.717, 1.165) is 0 Å². The van der Waals surface area contributed by atoms with Crippen LogP contribution in [-0.4, -0.2) is 12.4 Å². The first-order chi connectivity index (χ1) is 6.91. The van der Waals surface area contributed by atoms with Crippen molar-refractivity contribution in [1.82, 2.24) is 0 Å². The fourth-order valence-electron chi connectivity index (χ4n) is 1.08. The molecule has 82 valence electrons. The Morgan fingerprint density at radius 2 is 2.13 bits per heavy atom. The molecule has 1 aromatic rings. The highest BCUT2D eigenvalue weighted by molar-refractivity contribution is 9.10. The predicted molar refractivity (Wildman–Crippen MR) is 55.8 cm³/mol. The van der Waals surface area contributed by atoms with Gasteiger partial charge in [0.15, 0.2) is 5.78 Å². The lowest BCUT2D eigenvalue weighted by Gasteiger charge is -2.10. The third-order valence-corrected chi connectivity index (χ3v) is 2.43. The third kappa shape index (κ3) is 3.14. The molecular weight excluding hydrogens is 293 g/mol. The first kappa shape index (κ1) is 12.4. The van der Waals surface area contributed by atoms with Gasteiger partial charge in [0.2, 0.25) is 0 Å². The molecule has 0 radical (unpaired) electrons. The number of benzene rings is 1. The molecular formula is C9H6BrClF2O2. The van der Waals surface area contributed by atoms with Gasteiger partial charge in [0.1, 0.15) is 5.75 Å². The van der Waals surface area contributed by atoms with Crippen LogP contribution in [0.1, 0.15) is 17.3 Å². The van der Waals surface area contributed by atoms with Crippen LogP contribution in [-0.2, 0) is 0 Å². The van der Waals surface area contributed by atoms with Crippen LogP contribution >= 0.6 is 27.5 Å². The maximum atomic E-state index is 12.0. The Morgan fingerprint density at radius 3 is 2.60 bits per heavy atom. The summed E-state index contributed by atoms with van der Waals surface area (Å²) in [6.45, 7) is -1.74. The molecule has 1 aromatic carbocycles. The van der Waals surface area contributed by atoms with Gasteiger partial charge in [-0.1, -0.05) is 11.6 Å². The summed E-state index contributed by atoms with van der Waals surface area (Å²) in [7, 11) is 0. The van der Waals surface area contributed by atoms with Gasteiger partial charge in [-0.15, -0.1) is 0 Å². The van der Waals surface area contributed by atoms with Crippen LogP contribution < -0.4 is 4.74 Å². The zero-order valence-corrected chi connectivity index (χ0v) is 9.90. The first-order valence-corrected chi connectivity index (χ1v) is 5.03. The van der Waals surface area contributed by atoms with E-state index in [2.05, 4.69) is 20.7 Å². The minimum Gasteiger partial charge on any atom is -0.434 e. The molecule has 6 heteroatoms. The van der Waals surface area contributed by atoms with Crippen molar-refractivity contribution in [2.45, 2.75) is 13.5 Å². The Hall–Kier alpha value is -0.680. The van der Waals surface area contributed by atoms with Crippen molar-refractivity contribution >= 4 is 33.3 Å². The summed E-state index contributed by atoms with van der Waals surface area (Å²) in [5, 5.41) is 0.211. The molecule has 2 nitrogen and oxygen atoms in total. The molecule has 0 bridgehead atoms. The Kier molecular flexibility index (Phi) is 4.04. The zero-order valence-electron chi connectivity index (χ0n) is 7.56. The van der Waals surface area contributed by atoms with E-state index in [4.69, 9.17) is 11.6 Å². The Labute approximate surface area is 98.3 Å². The number of hydrogen-bond acceptors (Lipinski definition) is 2. The fourth-order valence-corrected chi connectivity index (χ4v) is 2.14. The monoisotopic (exact) mass is 298 g/mol. The molecule has 0 aliphatic heterocycles. The zero-order chi connectivity index (χ0) is 11.6. The van der Waals surface area contributed by atoms with Gasteiger partial charge in [0.05, 0.1) is 5.56 Å². The standard InChI is InChI=1S/C9H6BrClF2O2/c1-4(14)8-6(10)2-5(11)3-7(8)15-9(12)13/h2-3,9H,1H3. The second-order valence-corrected chi connectivity index (χ2v) is 3.99. The highest BCUT2D eigenvalue weighted by atomic mass is 79.9. The highest BCUT2D eigenvalue weighted by Gasteiger charge is 2.17. The Morgan fingerprint density at radius 1 is 1.53 bits per heavy atom. The summed E-state index contributed by atoms with van der Waals surface area (Å²) in [5.74, 6) is -0.605. The van der Waals surface area contributed by atoms with Gasteiger partial charge in [-0.05, 0) is 35.0 Å². The summed E-state index contributed by atoms with van der Waals surface area (Å²) in [6.07, 6.45) is 0. The van der Waals surface area contributed by atoms with Gasteiger partial charge in [-0.2, -0.15) is 8.78 Å². The number of hydrogen-bond donors (Lipinski definition) is 0. The normalized spacial score (nSPS) is 10.5. The van der Waals surface area contributed by atoms with Crippen molar-refractivity contribution in [3.05, 3.63) is 27.2 Å². The van der Waals surface area contributed by atoms with Crippen LogP contribution in [0.4, 0.5) is 8.78 Å². The average molecular weight is 299 g/mol. The van der Waals surface area contributed by atoms with Gasteiger partial charge in [-0.25, -0.2) is 0 Å². The van der Waals surface area contributed by atoms with E-state index in [1.807, 2.05) is 0 Å². The summed E-state index contributed by atoms with van der Waals surface area (Å²) in [6, 6.07) is 2.62. The molecule has 0 aliphatic rings. The number of rotatable bonds is 3.